The summed E-state index contributed by atoms with van der Waals surface area (Å²) in [5.41, 5.74) is 3.95. The quantitative estimate of drug-likeness (QED) is 0.256. The Balaban J connectivity index is 1.56. The van der Waals surface area contributed by atoms with Crippen LogP contribution in [0.3, 0.4) is 0 Å². The van der Waals surface area contributed by atoms with Crippen molar-refractivity contribution in [1.29, 1.82) is 0 Å². The van der Waals surface area contributed by atoms with Crippen molar-refractivity contribution in [1.82, 2.24) is 9.47 Å². The van der Waals surface area contributed by atoms with E-state index in [4.69, 9.17) is 0 Å². The molecule has 166 valence electrons. The number of likely N-dealkylation sites (N-methyl/N-ethyl adjacent to an activating group) is 1. The number of allylic oxidation sites excluding steroid dienone is 1. The van der Waals surface area contributed by atoms with Crippen LogP contribution >= 0.6 is 11.8 Å². The number of aromatic nitrogens is 1. The van der Waals surface area contributed by atoms with Gasteiger partial charge in [-0.25, -0.2) is 0 Å². The molecule has 0 spiro atoms. The number of hydrogen-bond acceptors (Lipinski definition) is 2. The summed E-state index contributed by atoms with van der Waals surface area (Å²) in [6.45, 7) is 11.5. The van der Waals surface area contributed by atoms with Crippen molar-refractivity contribution in [2.24, 2.45) is 5.41 Å². The minimum Gasteiger partial charge on any atom is -0.324 e. The van der Waals surface area contributed by atoms with E-state index in [0.717, 1.165) is 25.4 Å². The van der Waals surface area contributed by atoms with Gasteiger partial charge in [-0.05, 0) is 80.9 Å². The van der Waals surface area contributed by atoms with E-state index in [2.05, 4.69) is 128 Å². The van der Waals surface area contributed by atoms with Crippen LogP contribution in [0.1, 0.15) is 38.8 Å². The maximum absolute atomic E-state index is 3.25. The highest BCUT2D eigenvalue weighted by atomic mass is 32.2. The summed E-state index contributed by atoms with van der Waals surface area (Å²) in [5.74, 6) is 7.37. The predicted octanol–water partition coefficient (Wildman–Crippen LogP) is 7.20. The predicted molar refractivity (Wildman–Crippen MR) is 139 cm³/mol. The number of hydrogen-bond donors (Lipinski definition) is 0. The van der Waals surface area contributed by atoms with Gasteiger partial charge < -0.3 is 4.57 Å². The van der Waals surface area contributed by atoms with Crippen LogP contribution in [0.2, 0.25) is 0 Å². The largest absolute Gasteiger partial charge is 0.324 e. The maximum atomic E-state index is 3.25. The Morgan fingerprint density at radius 3 is 2.47 bits per heavy atom. The molecule has 0 bridgehead atoms. The zero-order valence-corrected chi connectivity index (χ0v) is 20.5. The van der Waals surface area contributed by atoms with Gasteiger partial charge in [0.25, 0.3) is 0 Å². The Labute approximate surface area is 198 Å². The van der Waals surface area contributed by atoms with Gasteiger partial charge in [-0.3, -0.25) is 4.90 Å². The maximum Gasteiger partial charge on any atom is 0.0452 e. The molecule has 1 aromatic heterocycles. The second-order valence-corrected chi connectivity index (χ2v) is 9.99. The van der Waals surface area contributed by atoms with Gasteiger partial charge in [-0.1, -0.05) is 49.1 Å². The molecule has 3 heteroatoms. The third-order valence-corrected chi connectivity index (χ3v) is 6.05. The number of thioether (sulfide) groups is 1. The Morgan fingerprint density at radius 2 is 1.72 bits per heavy atom. The normalized spacial score (nSPS) is 11.7. The molecule has 3 aromatic rings. The Hall–Kier alpha value is -2.67. The SMILES string of the molecule is CCN(CC=CC#CC(C)(C)C)Cc1cccc(SCc2cccc(-n3cccc3)c2)c1. The first-order valence-corrected chi connectivity index (χ1v) is 12.3. The van der Waals surface area contributed by atoms with Crippen molar-refractivity contribution < 1.29 is 0 Å². The van der Waals surface area contributed by atoms with Crippen LogP contribution in [0.5, 0.6) is 0 Å². The van der Waals surface area contributed by atoms with E-state index in [1.165, 1.54) is 21.7 Å². The monoisotopic (exact) mass is 442 g/mol. The van der Waals surface area contributed by atoms with Crippen LogP contribution in [0.25, 0.3) is 5.69 Å². The first-order valence-electron chi connectivity index (χ1n) is 11.3. The second kappa shape index (κ2) is 11.8. The third-order valence-electron chi connectivity index (χ3n) is 4.98. The van der Waals surface area contributed by atoms with Crippen LogP contribution < -0.4 is 0 Å². The summed E-state index contributed by atoms with van der Waals surface area (Å²) in [4.78, 5) is 3.75. The molecule has 3 rings (SSSR count). The first-order chi connectivity index (χ1) is 15.4. The van der Waals surface area contributed by atoms with Crippen molar-refractivity contribution in [2.75, 3.05) is 13.1 Å². The molecule has 0 atom stereocenters. The van der Waals surface area contributed by atoms with Crippen molar-refractivity contribution in [2.45, 2.75) is 44.9 Å². The number of nitrogens with zero attached hydrogens (tertiary/aromatic N) is 2. The Kier molecular flexibility index (Phi) is 8.85. The van der Waals surface area contributed by atoms with Crippen LogP contribution in [0.4, 0.5) is 0 Å². The molecule has 0 aliphatic carbocycles. The van der Waals surface area contributed by atoms with Crippen LogP contribution in [-0.2, 0) is 12.3 Å². The molecule has 0 saturated heterocycles. The minimum absolute atomic E-state index is 0.0521. The fourth-order valence-corrected chi connectivity index (χ4v) is 4.22. The van der Waals surface area contributed by atoms with E-state index in [0.29, 0.717) is 0 Å². The highest BCUT2D eigenvalue weighted by molar-refractivity contribution is 7.98. The fourth-order valence-electron chi connectivity index (χ4n) is 3.30. The van der Waals surface area contributed by atoms with Crippen LogP contribution in [0, 0.1) is 17.3 Å². The second-order valence-electron chi connectivity index (χ2n) is 8.95. The van der Waals surface area contributed by atoms with Crippen LogP contribution in [-0.4, -0.2) is 22.6 Å². The molecule has 32 heavy (non-hydrogen) atoms. The molecule has 0 fully saturated rings. The minimum atomic E-state index is 0.0521. The van der Waals surface area contributed by atoms with Crippen molar-refractivity contribution in [3.8, 4) is 17.5 Å². The molecular formula is C29H34N2S. The lowest BCUT2D eigenvalue weighted by Gasteiger charge is -2.18. The molecule has 0 unspecified atom stereocenters. The van der Waals surface area contributed by atoms with Gasteiger partial charge in [0.15, 0.2) is 0 Å². The summed E-state index contributed by atoms with van der Waals surface area (Å²) in [6.07, 6.45) is 8.32. The standard InChI is InChI=1S/C29H34N2S/c1-5-30(18-8-6-7-17-29(2,3)4)23-25-13-12-16-28(22-25)32-24-26-14-11-15-27(21-26)31-19-9-10-20-31/h6,8-16,19-22H,5,18,23-24H2,1-4H3. The van der Waals surface area contributed by atoms with Gasteiger partial charge in [-0.15, -0.1) is 11.8 Å². The van der Waals surface area contributed by atoms with E-state index in [-0.39, 0.29) is 5.41 Å². The third kappa shape index (κ3) is 8.11. The Bertz CT molecular complexity index is 1060. The van der Waals surface area contributed by atoms with Gasteiger partial charge in [0, 0.05) is 47.2 Å². The average Bonchev–Trinajstić information content (AvgIpc) is 3.31. The van der Waals surface area contributed by atoms with E-state index >= 15 is 0 Å². The molecule has 0 radical (unpaired) electrons. The molecular weight excluding hydrogens is 408 g/mol. The summed E-state index contributed by atoms with van der Waals surface area (Å²) >= 11 is 1.90. The van der Waals surface area contributed by atoms with Gasteiger partial charge in [0.2, 0.25) is 0 Å². The van der Waals surface area contributed by atoms with Crippen LogP contribution in [0.15, 0.2) is 90.1 Å². The molecule has 0 amide bonds. The molecule has 0 saturated carbocycles. The zero-order chi connectivity index (χ0) is 22.8. The highest BCUT2D eigenvalue weighted by Crippen LogP contribution is 2.25. The molecule has 2 aromatic carbocycles. The molecule has 0 aliphatic heterocycles. The van der Waals surface area contributed by atoms with Gasteiger partial charge >= 0.3 is 0 Å². The summed E-state index contributed by atoms with van der Waals surface area (Å²) < 4.78 is 2.15. The lowest BCUT2D eigenvalue weighted by Crippen LogP contribution is -2.22. The average molecular weight is 443 g/mol. The summed E-state index contributed by atoms with van der Waals surface area (Å²) in [6, 6.07) is 21.8. The fraction of sp³-hybridized carbons (Fsp3) is 0.310. The van der Waals surface area contributed by atoms with Crippen molar-refractivity contribution in [3.63, 3.8) is 0 Å². The molecule has 0 aliphatic rings. The molecule has 1 heterocycles. The van der Waals surface area contributed by atoms with Gasteiger partial charge in [0.05, 0.1) is 0 Å². The molecule has 0 N–H and O–H groups in total. The molecule has 2 nitrogen and oxygen atoms in total. The van der Waals surface area contributed by atoms with Gasteiger partial charge in [-0.2, -0.15) is 0 Å². The van der Waals surface area contributed by atoms with E-state index in [9.17, 15) is 0 Å². The lowest BCUT2D eigenvalue weighted by molar-refractivity contribution is 0.311. The van der Waals surface area contributed by atoms with E-state index in [1.54, 1.807) is 0 Å². The lowest BCUT2D eigenvalue weighted by atomic mass is 9.98. The smallest absolute Gasteiger partial charge is 0.0452 e. The van der Waals surface area contributed by atoms with Crippen molar-refractivity contribution >= 4 is 11.8 Å². The summed E-state index contributed by atoms with van der Waals surface area (Å²) in [5, 5.41) is 0. The number of benzene rings is 2. The Morgan fingerprint density at radius 1 is 0.969 bits per heavy atom. The number of rotatable bonds is 9. The van der Waals surface area contributed by atoms with E-state index in [1.807, 2.05) is 17.8 Å². The highest BCUT2D eigenvalue weighted by Gasteiger charge is 2.05. The first kappa shape index (κ1) is 24.0. The van der Waals surface area contributed by atoms with Crippen molar-refractivity contribution in [3.05, 3.63) is 96.3 Å². The zero-order valence-electron chi connectivity index (χ0n) is 19.7. The summed E-state index contributed by atoms with van der Waals surface area (Å²) in [7, 11) is 0. The van der Waals surface area contributed by atoms with Gasteiger partial charge in [0.1, 0.15) is 0 Å². The topological polar surface area (TPSA) is 8.17 Å². The van der Waals surface area contributed by atoms with E-state index < -0.39 is 0 Å².